The van der Waals surface area contributed by atoms with Crippen LogP contribution in [0.4, 0.5) is 0 Å². The van der Waals surface area contributed by atoms with E-state index in [9.17, 15) is 0 Å². The summed E-state index contributed by atoms with van der Waals surface area (Å²) in [7, 11) is -0.586. The van der Waals surface area contributed by atoms with Crippen LogP contribution in [-0.4, -0.2) is 0 Å². The molecule has 0 aliphatic carbocycles. The Kier molecular flexibility index (Phi) is 3.29. The van der Waals surface area contributed by atoms with Crippen LogP contribution in [0.25, 0.3) is 0 Å². The molecule has 0 fully saturated rings. The first-order chi connectivity index (χ1) is 8.93. The summed E-state index contributed by atoms with van der Waals surface area (Å²) in [5.74, 6) is 0. The van der Waals surface area contributed by atoms with Crippen LogP contribution in [0.5, 0.6) is 0 Å². The lowest BCUT2D eigenvalue weighted by atomic mass is 10.2. The number of hydrogen-bond acceptors (Lipinski definition) is 2. The van der Waals surface area contributed by atoms with Crippen LogP contribution in [0, 0.1) is 0 Å². The summed E-state index contributed by atoms with van der Waals surface area (Å²) in [4.78, 5) is 0. The van der Waals surface area contributed by atoms with Gasteiger partial charge in [0.1, 0.15) is 11.0 Å². The van der Waals surface area contributed by atoms with Crippen molar-refractivity contribution in [2.75, 3.05) is 0 Å². The maximum Gasteiger partial charge on any atom is 0.133 e. The Morgan fingerprint density at radius 2 is 1.33 bits per heavy atom. The molecular weight excluding hydrogens is 243 g/mol. The summed E-state index contributed by atoms with van der Waals surface area (Å²) in [5, 5.41) is 0. The van der Waals surface area contributed by atoms with Crippen molar-refractivity contribution in [3.05, 3.63) is 72.7 Å². The molecule has 0 unspecified atom stereocenters. The van der Waals surface area contributed by atoms with Gasteiger partial charge in [0.25, 0.3) is 0 Å². The molecule has 90 valence electrons. The first-order valence-corrected chi connectivity index (χ1v) is 7.34. The van der Waals surface area contributed by atoms with Crippen molar-refractivity contribution in [3.63, 3.8) is 0 Å². The molecule has 0 saturated heterocycles. The lowest BCUT2D eigenvalue weighted by Crippen LogP contribution is -2.09. The second-order valence-corrected chi connectivity index (χ2v) is 6.03. The third-order valence-electron chi connectivity index (χ3n) is 2.73. The molecule has 0 saturated carbocycles. The van der Waals surface area contributed by atoms with Crippen LogP contribution in [0.3, 0.4) is 0 Å². The second-order valence-electron chi connectivity index (χ2n) is 3.97. The van der Waals surface area contributed by atoms with Gasteiger partial charge in [0.05, 0.1) is 12.5 Å². The van der Waals surface area contributed by atoms with Crippen LogP contribution in [0.15, 0.2) is 76.0 Å². The van der Waals surface area contributed by atoms with Crippen molar-refractivity contribution >= 4 is 18.9 Å². The molecule has 0 amide bonds. The lowest BCUT2D eigenvalue weighted by molar-refractivity contribution is 0.592. The first-order valence-electron chi connectivity index (χ1n) is 5.82. The average molecular weight is 256 g/mol. The third-order valence-corrected chi connectivity index (χ3v) is 4.98. The second kappa shape index (κ2) is 5.24. The van der Waals surface area contributed by atoms with Crippen molar-refractivity contribution in [1.29, 1.82) is 0 Å². The molecule has 3 rings (SSSR count). The maximum absolute atomic E-state index is 5.56. The standard InChI is InChI=1S/C15H13O2P/c1-2-6-13(7-3-1)12-18(14-8-4-10-16-14)15-9-5-11-17-15/h1-11H,12H2. The van der Waals surface area contributed by atoms with Gasteiger partial charge in [0.15, 0.2) is 0 Å². The van der Waals surface area contributed by atoms with E-state index in [1.54, 1.807) is 12.5 Å². The summed E-state index contributed by atoms with van der Waals surface area (Å²) in [6.45, 7) is 0. The zero-order valence-electron chi connectivity index (χ0n) is 9.82. The zero-order chi connectivity index (χ0) is 12.2. The maximum atomic E-state index is 5.56. The summed E-state index contributed by atoms with van der Waals surface area (Å²) in [6, 6.07) is 18.3. The highest BCUT2D eigenvalue weighted by atomic mass is 31.1. The molecule has 0 radical (unpaired) electrons. The summed E-state index contributed by atoms with van der Waals surface area (Å²) >= 11 is 0. The van der Waals surface area contributed by atoms with Crippen LogP contribution in [0.2, 0.25) is 0 Å². The topological polar surface area (TPSA) is 26.3 Å². The average Bonchev–Trinajstić information content (AvgIpc) is 3.11. The van der Waals surface area contributed by atoms with Crippen LogP contribution in [0.1, 0.15) is 5.56 Å². The van der Waals surface area contributed by atoms with Crippen molar-refractivity contribution in [2.24, 2.45) is 0 Å². The molecule has 0 N–H and O–H groups in total. The Bertz CT molecular complexity index is 536. The van der Waals surface area contributed by atoms with E-state index >= 15 is 0 Å². The summed E-state index contributed by atoms with van der Waals surface area (Å²) in [6.07, 6.45) is 4.38. The summed E-state index contributed by atoms with van der Waals surface area (Å²) < 4.78 is 11.1. The number of hydrogen-bond donors (Lipinski definition) is 0. The van der Waals surface area contributed by atoms with Gasteiger partial charge in [-0.2, -0.15) is 0 Å². The molecule has 3 heteroatoms. The first kappa shape index (κ1) is 11.3. The van der Waals surface area contributed by atoms with Crippen LogP contribution < -0.4 is 11.0 Å². The Morgan fingerprint density at radius 3 is 1.83 bits per heavy atom. The Hall–Kier alpha value is -1.79. The van der Waals surface area contributed by atoms with Gasteiger partial charge in [-0.05, 0) is 29.8 Å². The van der Waals surface area contributed by atoms with Crippen LogP contribution >= 0.6 is 7.92 Å². The van der Waals surface area contributed by atoms with Crippen LogP contribution in [-0.2, 0) is 6.16 Å². The van der Waals surface area contributed by atoms with E-state index in [2.05, 4.69) is 24.3 Å². The molecule has 2 heterocycles. The fourth-order valence-electron chi connectivity index (χ4n) is 1.88. The van der Waals surface area contributed by atoms with Gasteiger partial charge in [0, 0.05) is 14.1 Å². The molecule has 0 aliphatic heterocycles. The van der Waals surface area contributed by atoms with Gasteiger partial charge in [-0.3, -0.25) is 0 Å². The SMILES string of the molecule is c1ccc(CP(c2ccco2)c2ccco2)cc1. The molecule has 0 atom stereocenters. The van der Waals surface area contributed by atoms with E-state index in [0.29, 0.717) is 0 Å². The molecule has 3 aromatic rings. The minimum Gasteiger partial charge on any atom is -0.464 e. The highest BCUT2D eigenvalue weighted by molar-refractivity contribution is 7.71. The van der Waals surface area contributed by atoms with E-state index < -0.39 is 7.92 Å². The largest absolute Gasteiger partial charge is 0.464 e. The van der Waals surface area contributed by atoms with Gasteiger partial charge >= 0.3 is 0 Å². The minimum absolute atomic E-state index is 0.586. The normalized spacial score (nSPS) is 10.9. The molecule has 2 aromatic heterocycles. The quantitative estimate of drug-likeness (QED) is 0.668. The molecular formula is C15H13O2P. The summed E-state index contributed by atoms with van der Waals surface area (Å²) in [5.41, 5.74) is 3.31. The Labute approximate surface area is 107 Å². The van der Waals surface area contributed by atoms with E-state index in [0.717, 1.165) is 17.2 Å². The predicted molar refractivity (Wildman–Crippen MR) is 73.8 cm³/mol. The molecule has 1 aromatic carbocycles. The third kappa shape index (κ3) is 2.39. The number of benzene rings is 1. The molecule has 18 heavy (non-hydrogen) atoms. The van der Waals surface area contributed by atoms with Crippen molar-refractivity contribution in [2.45, 2.75) is 6.16 Å². The van der Waals surface area contributed by atoms with Gasteiger partial charge < -0.3 is 8.83 Å². The fourth-order valence-corrected chi connectivity index (χ4v) is 3.89. The van der Waals surface area contributed by atoms with E-state index in [1.165, 1.54) is 5.56 Å². The van der Waals surface area contributed by atoms with Crippen molar-refractivity contribution in [3.8, 4) is 0 Å². The molecule has 2 nitrogen and oxygen atoms in total. The Balaban J connectivity index is 1.92. The van der Waals surface area contributed by atoms with Crippen molar-refractivity contribution < 1.29 is 8.83 Å². The van der Waals surface area contributed by atoms with E-state index in [-0.39, 0.29) is 0 Å². The highest BCUT2D eigenvalue weighted by Gasteiger charge is 2.19. The van der Waals surface area contributed by atoms with Gasteiger partial charge in [-0.25, -0.2) is 0 Å². The highest BCUT2D eigenvalue weighted by Crippen LogP contribution is 2.37. The predicted octanol–water partition coefficient (Wildman–Crippen LogP) is 3.51. The molecule has 0 bridgehead atoms. The monoisotopic (exact) mass is 256 g/mol. The molecule has 0 aliphatic rings. The smallest absolute Gasteiger partial charge is 0.133 e. The van der Waals surface area contributed by atoms with Gasteiger partial charge in [-0.15, -0.1) is 0 Å². The Morgan fingerprint density at radius 1 is 0.722 bits per heavy atom. The van der Waals surface area contributed by atoms with E-state index in [1.807, 2.05) is 30.3 Å². The number of rotatable bonds is 4. The zero-order valence-corrected chi connectivity index (χ0v) is 10.7. The minimum atomic E-state index is -0.586. The van der Waals surface area contributed by atoms with Crippen molar-refractivity contribution in [1.82, 2.24) is 0 Å². The van der Waals surface area contributed by atoms with Gasteiger partial charge in [-0.1, -0.05) is 30.3 Å². The number of furan rings is 2. The van der Waals surface area contributed by atoms with Gasteiger partial charge in [0.2, 0.25) is 0 Å². The van der Waals surface area contributed by atoms with E-state index in [4.69, 9.17) is 8.83 Å². The fraction of sp³-hybridized carbons (Fsp3) is 0.0667. The lowest BCUT2D eigenvalue weighted by Gasteiger charge is -2.12. The molecule has 0 spiro atoms.